The van der Waals surface area contributed by atoms with Crippen LogP contribution < -0.4 is 5.73 Å². The fraction of sp³-hybridized carbons (Fsp3) is 0.848. The molecule has 4 fully saturated rings. The Hall–Kier alpha value is -2.43. The van der Waals surface area contributed by atoms with Gasteiger partial charge in [-0.05, 0) is 103 Å². The van der Waals surface area contributed by atoms with Crippen LogP contribution >= 0.6 is 0 Å². The van der Waals surface area contributed by atoms with Crippen molar-refractivity contribution in [2.75, 3.05) is 13.2 Å². The van der Waals surface area contributed by atoms with E-state index in [0.29, 0.717) is 64.2 Å². The molecule has 0 radical (unpaired) electrons. The van der Waals surface area contributed by atoms with E-state index in [1.807, 2.05) is 41.5 Å². The van der Waals surface area contributed by atoms with Crippen LogP contribution in [0.1, 0.15) is 133 Å². The number of ketones is 1. The summed E-state index contributed by atoms with van der Waals surface area (Å²) < 4.78 is 50.4. The summed E-state index contributed by atoms with van der Waals surface area (Å²) in [6, 6.07) is -0.872. The first-order valence-corrected chi connectivity index (χ1v) is 22.8. The summed E-state index contributed by atoms with van der Waals surface area (Å²) in [5, 5.41) is 22.9. The zero-order valence-corrected chi connectivity index (χ0v) is 37.6. The monoisotopic (exact) mass is 850 g/mol. The Balaban J connectivity index is 1.35. The first kappa shape index (κ1) is 48.6. The zero-order chi connectivity index (χ0) is 44.2. The average molecular weight is 850 g/mol. The highest BCUT2D eigenvalue weighted by Crippen LogP contribution is 2.54. The van der Waals surface area contributed by atoms with Crippen LogP contribution in [0, 0.1) is 29.6 Å². The van der Waals surface area contributed by atoms with E-state index in [0.717, 1.165) is 6.42 Å². The summed E-state index contributed by atoms with van der Waals surface area (Å²) >= 11 is 0. The second-order valence-electron chi connectivity index (χ2n) is 18.4. The first-order valence-electron chi connectivity index (χ1n) is 22.8. The molecule has 342 valence electrons. The molecule has 5 heterocycles. The minimum Gasteiger partial charge on any atom is -0.461 e. The number of carbonyl (C=O) groups is 3. The van der Waals surface area contributed by atoms with Crippen molar-refractivity contribution in [2.24, 2.45) is 35.3 Å². The highest BCUT2D eigenvalue weighted by molar-refractivity contribution is 5.84. The summed E-state index contributed by atoms with van der Waals surface area (Å²) in [5.41, 5.74) is 4.93. The van der Waals surface area contributed by atoms with E-state index in [9.17, 15) is 24.6 Å². The predicted molar refractivity (Wildman–Crippen MR) is 222 cm³/mol. The predicted octanol–water partition coefficient (Wildman–Crippen LogP) is 6.46. The number of Topliss-reactive ketones (excluding diaryl/α,β-unsaturated/α-hetero) is 1. The molecule has 0 saturated carbocycles. The van der Waals surface area contributed by atoms with Crippen LogP contribution in [0.15, 0.2) is 24.8 Å². The topological polar surface area (TPSA) is 192 Å². The molecule has 0 aromatic rings. The van der Waals surface area contributed by atoms with E-state index in [4.69, 9.17) is 43.6 Å². The van der Waals surface area contributed by atoms with Crippen molar-refractivity contribution in [1.82, 2.24) is 0 Å². The lowest BCUT2D eigenvalue weighted by atomic mass is 9.73. The summed E-state index contributed by atoms with van der Waals surface area (Å²) in [7, 11) is 0. The van der Waals surface area contributed by atoms with Gasteiger partial charge in [0.25, 0.3) is 0 Å². The third-order valence-corrected chi connectivity index (χ3v) is 14.5. The summed E-state index contributed by atoms with van der Waals surface area (Å²) in [5.74, 6) is -5.53. The molecule has 0 aromatic heterocycles. The van der Waals surface area contributed by atoms with Crippen molar-refractivity contribution in [1.29, 1.82) is 0 Å². The van der Waals surface area contributed by atoms with Gasteiger partial charge in [-0.15, -0.1) is 0 Å². The van der Waals surface area contributed by atoms with Crippen LogP contribution in [0.2, 0.25) is 0 Å². The van der Waals surface area contributed by atoms with Crippen molar-refractivity contribution in [3.05, 3.63) is 24.8 Å². The number of carbonyl (C=O) groups excluding carboxylic acids is 3. The van der Waals surface area contributed by atoms with Crippen LogP contribution in [0.3, 0.4) is 0 Å². The fourth-order valence-electron chi connectivity index (χ4n) is 10.5. The Morgan fingerprint density at radius 2 is 1.67 bits per heavy atom. The normalized spacial score (nSPS) is 40.6. The van der Waals surface area contributed by atoms with Crippen LogP contribution in [-0.4, -0.2) is 113 Å². The largest absolute Gasteiger partial charge is 0.509 e. The molecule has 14 heteroatoms. The molecule has 5 rings (SSSR count). The molecule has 60 heavy (non-hydrogen) atoms. The summed E-state index contributed by atoms with van der Waals surface area (Å²) in [6.07, 6.45) is 5.88. The van der Waals surface area contributed by atoms with Crippen LogP contribution in [-0.2, 0) is 47.5 Å². The molecule has 17 atom stereocenters. The fourth-order valence-corrected chi connectivity index (χ4v) is 10.5. The maximum absolute atomic E-state index is 14.6. The van der Waals surface area contributed by atoms with Gasteiger partial charge < -0.3 is 53.8 Å². The number of ether oxygens (including phenoxy) is 8. The van der Waals surface area contributed by atoms with E-state index in [1.54, 1.807) is 26.0 Å². The molecular formula is C46H75NO13. The van der Waals surface area contributed by atoms with Gasteiger partial charge in [0, 0.05) is 24.2 Å². The Kier molecular flexibility index (Phi) is 16.2. The van der Waals surface area contributed by atoms with Crippen LogP contribution in [0.5, 0.6) is 0 Å². The Morgan fingerprint density at radius 1 is 0.967 bits per heavy atom. The van der Waals surface area contributed by atoms with E-state index in [2.05, 4.69) is 13.5 Å². The van der Waals surface area contributed by atoms with Gasteiger partial charge >= 0.3 is 12.1 Å². The number of aliphatic hydroxyl groups is 2. The van der Waals surface area contributed by atoms with Crippen LogP contribution in [0.25, 0.3) is 0 Å². The highest BCUT2D eigenvalue weighted by atomic mass is 16.8. The molecule has 4 N–H and O–H groups in total. The summed E-state index contributed by atoms with van der Waals surface area (Å²) in [4.78, 5) is 40.2. The molecule has 5 aliphatic heterocycles. The lowest BCUT2D eigenvalue weighted by molar-refractivity contribution is -0.408. The third kappa shape index (κ3) is 9.86. The van der Waals surface area contributed by atoms with Crippen molar-refractivity contribution >= 4 is 17.9 Å². The Morgan fingerprint density at radius 3 is 2.30 bits per heavy atom. The summed E-state index contributed by atoms with van der Waals surface area (Å²) in [6.45, 7) is 21.0. The van der Waals surface area contributed by atoms with Crippen molar-refractivity contribution in [2.45, 2.75) is 204 Å². The van der Waals surface area contributed by atoms with Gasteiger partial charge in [0.15, 0.2) is 11.9 Å². The number of hydrogen-bond donors (Lipinski definition) is 3. The second-order valence-corrected chi connectivity index (χ2v) is 18.4. The molecule has 17 unspecified atom stereocenters. The maximum Gasteiger partial charge on any atom is 0.509 e. The Labute approximate surface area is 357 Å². The van der Waals surface area contributed by atoms with Gasteiger partial charge in [0.2, 0.25) is 5.79 Å². The number of hydrogen-bond acceptors (Lipinski definition) is 14. The minimum absolute atomic E-state index is 0.0579. The van der Waals surface area contributed by atoms with Gasteiger partial charge in [0.1, 0.15) is 12.4 Å². The quantitative estimate of drug-likeness (QED) is 0.113. The number of nitrogens with two attached hydrogens (primary N) is 1. The van der Waals surface area contributed by atoms with E-state index >= 15 is 0 Å². The molecule has 5 aliphatic rings. The minimum atomic E-state index is -1.47. The molecule has 0 bridgehead atoms. The van der Waals surface area contributed by atoms with Gasteiger partial charge in [0.05, 0.1) is 66.4 Å². The van der Waals surface area contributed by atoms with Crippen LogP contribution in [0.4, 0.5) is 4.79 Å². The van der Waals surface area contributed by atoms with Crippen molar-refractivity contribution in [3.8, 4) is 0 Å². The average Bonchev–Trinajstić information content (AvgIpc) is 3.57. The molecule has 4 saturated heterocycles. The number of esters is 1. The van der Waals surface area contributed by atoms with Gasteiger partial charge in [-0.2, -0.15) is 0 Å². The maximum atomic E-state index is 14.6. The molecule has 0 amide bonds. The highest BCUT2D eigenvalue weighted by Gasteiger charge is 2.64. The Bertz CT molecular complexity index is 1530. The lowest BCUT2D eigenvalue weighted by Crippen LogP contribution is -2.63. The molecule has 0 aromatic carbocycles. The standard InChI is InChI=1S/C46H75NO13/c1-11-25-54-41(50)31(12-2)33-17-16-18-34(56-33)37(47)39(49)29(8)38(48)32(13-3)40-27(6)26-28(7)45(58-40)22-20-36(57-42(51)53-15-5)46(60-45)24-23-43(10,59-46)35-19-21-44(52,14-4)30(9)55-35/h11,20,22,27-37,39-40,49,52H,1,12-19,21,23-26,47H2,2-10H3. The SMILES string of the molecule is C=CCOC(=O)C(CC)C1CCCC(C(N)C(O)C(C)C(=O)C(CC)C2OC3(C=CC(OC(=O)OCC)C4(CCC(C)(C5CCC(O)(CC)C(C)O5)O4)O3)C(C)CC2C)O1. The second kappa shape index (κ2) is 20.0. The number of rotatable bonds is 16. The van der Waals surface area contributed by atoms with Crippen molar-refractivity contribution < 1.29 is 62.5 Å². The van der Waals surface area contributed by atoms with E-state index in [-0.39, 0.29) is 42.9 Å². The molecular weight excluding hydrogens is 774 g/mol. The lowest BCUT2D eigenvalue weighted by Gasteiger charge is -2.54. The molecule has 0 aliphatic carbocycles. The smallest absolute Gasteiger partial charge is 0.461 e. The van der Waals surface area contributed by atoms with Gasteiger partial charge in [-0.25, -0.2) is 4.79 Å². The molecule has 2 spiro atoms. The molecule has 14 nitrogen and oxygen atoms in total. The zero-order valence-electron chi connectivity index (χ0n) is 37.6. The third-order valence-electron chi connectivity index (χ3n) is 14.5. The van der Waals surface area contributed by atoms with Gasteiger partial charge in [-0.1, -0.05) is 54.2 Å². The van der Waals surface area contributed by atoms with Gasteiger partial charge in [-0.3, -0.25) is 9.59 Å². The first-order chi connectivity index (χ1) is 28.4. The van der Waals surface area contributed by atoms with Crippen molar-refractivity contribution in [3.63, 3.8) is 0 Å². The van der Waals surface area contributed by atoms with E-state index in [1.165, 1.54) is 6.08 Å². The van der Waals surface area contributed by atoms with E-state index < -0.39 is 89.4 Å². The number of aliphatic hydroxyl groups excluding tert-OH is 1.